The number of carboxylic acids is 2. The number of carbonyl (C=O) groups is 3. The number of aliphatic carboxylic acids is 2. The zero-order valence-corrected chi connectivity index (χ0v) is 8.45. The molecular weight excluding hydrogens is 214 g/mol. The molecule has 0 saturated carbocycles. The Morgan fingerprint density at radius 2 is 1.88 bits per heavy atom. The van der Waals surface area contributed by atoms with Crippen LogP contribution in [0, 0.1) is 5.41 Å². The van der Waals surface area contributed by atoms with E-state index >= 15 is 0 Å². The molecule has 0 saturated heterocycles. The highest BCUT2D eigenvalue weighted by molar-refractivity contribution is 6.03. The Morgan fingerprint density at radius 3 is 2.44 bits per heavy atom. The van der Waals surface area contributed by atoms with E-state index < -0.39 is 17.4 Å². The number of hydrogen-bond donors (Lipinski definition) is 3. The van der Waals surface area contributed by atoms with Crippen LogP contribution in [0.3, 0.4) is 0 Å². The molecule has 0 bridgehead atoms. The lowest BCUT2D eigenvalue weighted by Gasteiger charge is -2.28. The van der Waals surface area contributed by atoms with Crippen molar-refractivity contribution in [2.45, 2.75) is 19.3 Å². The largest absolute Gasteiger partial charge is 0.480 e. The van der Waals surface area contributed by atoms with E-state index in [9.17, 15) is 14.4 Å². The van der Waals surface area contributed by atoms with Crippen molar-refractivity contribution in [2.24, 2.45) is 5.41 Å². The zero-order chi connectivity index (χ0) is 11.9. The summed E-state index contributed by atoms with van der Waals surface area (Å²) in [5.74, 6) is -3.07. The maximum absolute atomic E-state index is 11.4. The lowest BCUT2D eigenvalue weighted by atomic mass is 9.72. The van der Waals surface area contributed by atoms with E-state index in [1.54, 1.807) is 0 Å². The molecule has 16 heavy (non-hydrogen) atoms. The van der Waals surface area contributed by atoms with Gasteiger partial charge < -0.3 is 15.5 Å². The van der Waals surface area contributed by atoms with Gasteiger partial charge in [-0.3, -0.25) is 14.4 Å². The molecule has 0 atom stereocenters. The van der Waals surface area contributed by atoms with Gasteiger partial charge in [0.25, 0.3) is 0 Å². The third-order valence-corrected chi connectivity index (χ3v) is 3.31. The van der Waals surface area contributed by atoms with E-state index in [-0.39, 0.29) is 18.7 Å². The number of rotatable bonds is 2. The molecule has 0 fully saturated rings. The van der Waals surface area contributed by atoms with Crippen molar-refractivity contribution in [2.75, 3.05) is 6.54 Å². The minimum Gasteiger partial charge on any atom is -0.480 e. The van der Waals surface area contributed by atoms with Crippen molar-refractivity contribution in [1.82, 2.24) is 5.32 Å². The standard InChI is InChI=1S/C10H11NO5/c12-7-6-3-10(8(13)14,9(15)16)2-1-5(6)4-11-7/h1-4H2,(H,11,12)(H,13,14)(H,15,16). The molecule has 1 aliphatic carbocycles. The second-order valence-electron chi connectivity index (χ2n) is 4.13. The van der Waals surface area contributed by atoms with Crippen LogP contribution in [0.1, 0.15) is 19.3 Å². The van der Waals surface area contributed by atoms with Crippen molar-refractivity contribution in [3.63, 3.8) is 0 Å². The minimum absolute atomic E-state index is 0.0471. The Balaban J connectivity index is 2.38. The van der Waals surface area contributed by atoms with Gasteiger partial charge in [0.15, 0.2) is 5.41 Å². The summed E-state index contributed by atoms with van der Waals surface area (Å²) in [7, 11) is 0. The monoisotopic (exact) mass is 225 g/mol. The normalized spacial score (nSPS) is 22.6. The van der Waals surface area contributed by atoms with Crippen molar-refractivity contribution in [1.29, 1.82) is 0 Å². The molecule has 2 aliphatic rings. The van der Waals surface area contributed by atoms with Gasteiger partial charge >= 0.3 is 11.9 Å². The topological polar surface area (TPSA) is 104 Å². The fourth-order valence-electron chi connectivity index (χ4n) is 2.22. The van der Waals surface area contributed by atoms with Crippen molar-refractivity contribution in [3.05, 3.63) is 11.1 Å². The molecule has 6 heteroatoms. The van der Waals surface area contributed by atoms with Gasteiger partial charge in [0, 0.05) is 18.5 Å². The molecule has 0 aromatic rings. The molecule has 0 spiro atoms. The molecule has 1 aliphatic heterocycles. The molecule has 0 aromatic heterocycles. The Labute approximate surface area is 90.9 Å². The summed E-state index contributed by atoms with van der Waals surface area (Å²) in [6, 6.07) is 0. The van der Waals surface area contributed by atoms with Crippen LogP contribution >= 0.6 is 0 Å². The second-order valence-corrected chi connectivity index (χ2v) is 4.13. The maximum Gasteiger partial charge on any atom is 0.321 e. The van der Waals surface area contributed by atoms with E-state index in [0.717, 1.165) is 5.57 Å². The quantitative estimate of drug-likeness (QED) is 0.562. The lowest BCUT2D eigenvalue weighted by Crippen LogP contribution is -2.42. The Bertz CT molecular complexity index is 409. The SMILES string of the molecule is O=C1NCC2=C1CC(C(=O)O)(C(=O)O)CC2. The van der Waals surface area contributed by atoms with E-state index in [1.807, 2.05) is 0 Å². The minimum atomic E-state index is -1.83. The van der Waals surface area contributed by atoms with Gasteiger partial charge in [0.2, 0.25) is 5.91 Å². The summed E-state index contributed by atoms with van der Waals surface area (Å²) in [5.41, 5.74) is -0.639. The van der Waals surface area contributed by atoms with Gasteiger partial charge in [-0.05, 0) is 18.4 Å². The van der Waals surface area contributed by atoms with Crippen LogP contribution in [0.4, 0.5) is 0 Å². The molecular formula is C10H11NO5. The average Bonchev–Trinajstić information content (AvgIpc) is 2.59. The Morgan fingerprint density at radius 1 is 1.25 bits per heavy atom. The van der Waals surface area contributed by atoms with Gasteiger partial charge in [0.1, 0.15) is 0 Å². The first-order chi connectivity index (χ1) is 7.47. The van der Waals surface area contributed by atoms with Gasteiger partial charge in [0.05, 0.1) is 0 Å². The summed E-state index contributed by atoms with van der Waals surface area (Å²) in [4.78, 5) is 33.5. The van der Waals surface area contributed by atoms with Crippen LogP contribution in [-0.2, 0) is 14.4 Å². The van der Waals surface area contributed by atoms with Crippen molar-refractivity contribution >= 4 is 17.8 Å². The second kappa shape index (κ2) is 3.33. The van der Waals surface area contributed by atoms with Crippen LogP contribution in [0.25, 0.3) is 0 Å². The molecule has 1 heterocycles. The molecule has 6 nitrogen and oxygen atoms in total. The van der Waals surface area contributed by atoms with Gasteiger partial charge in [-0.2, -0.15) is 0 Å². The molecule has 0 aromatic carbocycles. The summed E-state index contributed by atoms with van der Waals surface area (Å²) in [6.45, 7) is 0.420. The molecule has 3 N–H and O–H groups in total. The van der Waals surface area contributed by atoms with E-state index in [0.29, 0.717) is 18.5 Å². The molecule has 0 unspecified atom stereocenters. The molecule has 1 amide bonds. The molecule has 2 rings (SSSR count). The van der Waals surface area contributed by atoms with E-state index in [1.165, 1.54) is 0 Å². The summed E-state index contributed by atoms with van der Waals surface area (Å²) >= 11 is 0. The number of amides is 1. The predicted molar refractivity (Wildman–Crippen MR) is 51.6 cm³/mol. The highest BCUT2D eigenvalue weighted by atomic mass is 16.4. The fraction of sp³-hybridized carbons (Fsp3) is 0.500. The van der Waals surface area contributed by atoms with Gasteiger partial charge in [-0.1, -0.05) is 0 Å². The maximum atomic E-state index is 11.4. The average molecular weight is 225 g/mol. The highest BCUT2D eigenvalue weighted by Gasteiger charge is 2.51. The first-order valence-electron chi connectivity index (χ1n) is 4.93. The fourth-order valence-corrected chi connectivity index (χ4v) is 2.22. The van der Waals surface area contributed by atoms with Crippen LogP contribution < -0.4 is 5.32 Å². The first-order valence-corrected chi connectivity index (χ1v) is 4.93. The van der Waals surface area contributed by atoms with Crippen LogP contribution in [0.2, 0.25) is 0 Å². The summed E-state index contributed by atoms with van der Waals surface area (Å²) < 4.78 is 0. The van der Waals surface area contributed by atoms with Crippen molar-refractivity contribution in [3.8, 4) is 0 Å². The van der Waals surface area contributed by atoms with Gasteiger partial charge in [-0.25, -0.2) is 0 Å². The Hall–Kier alpha value is -1.85. The van der Waals surface area contributed by atoms with Crippen LogP contribution in [0.5, 0.6) is 0 Å². The van der Waals surface area contributed by atoms with Gasteiger partial charge in [-0.15, -0.1) is 0 Å². The molecule has 0 radical (unpaired) electrons. The lowest BCUT2D eigenvalue weighted by molar-refractivity contribution is -0.165. The summed E-state index contributed by atoms with van der Waals surface area (Å²) in [5, 5.41) is 20.6. The first kappa shape index (κ1) is 10.7. The third-order valence-electron chi connectivity index (χ3n) is 3.31. The summed E-state index contributed by atoms with van der Waals surface area (Å²) in [6.07, 6.45) is 0.191. The number of carboxylic acid groups (broad SMARTS) is 2. The van der Waals surface area contributed by atoms with E-state index in [2.05, 4.69) is 5.32 Å². The third kappa shape index (κ3) is 1.30. The zero-order valence-electron chi connectivity index (χ0n) is 8.45. The van der Waals surface area contributed by atoms with E-state index in [4.69, 9.17) is 10.2 Å². The molecule has 86 valence electrons. The number of hydrogen-bond acceptors (Lipinski definition) is 3. The highest BCUT2D eigenvalue weighted by Crippen LogP contribution is 2.41. The predicted octanol–water partition coefficient (Wildman–Crippen LogP) is -0.248. The number of nitrogens with one attached hydrogen (secondary N) is 1. The van der Waals surface area contributed by atoms with Crippen LogP contribution in [-0.4, -0.2) is 34.6 Å². The Kier molecular flexibility index (Phi) is 2.22. The smallest absolute Gasteiger partial charge is 0.321 e. The number of carbonyl (C=O) groups excluding carboxylic acids is 1. The van der Waals surface area contributed by atoms with Crippen molar-refractivity contribution < 1.29 is 24.6 Å². The van der Waals surface area contributed by atoms with Crippen LogP contribution in [0.15, 0.2) is 11.1 Å².